The molecule has 1 aliphatic heterocycles. The molecule has 1 aromatic rings. The fraction of sp³-hybridized carbons (Fsp3) is 0.625. The maximum atomic E-state index is 13.9. The van der Waals surface area contributed by atoms with Gasteiger partial charge in [-0.1, -0.05) is 30.7 Å². The van der Waals surface area contributed by atoms with Gasteiger partial charge in [0, 0.05) is 12.3 Å². The van der Waals surface area contributed by atoms with E-state index in [-0.39, 0.29) is 19.4 Å². The van der Waals surface area contributed by atoms with Gasteiger partial charge in [-0.15, -0.1) is 0 Å². The van der Waals surface area contributed by atoms with Crippen molar-refractivity contribution in [2.24, 2.45) is 5.92 Å². The number of alkyl halides is 2. The van der Waals surface area contributed by atoms with Gasteiger partial charge in [-0.25, -0.2) is 21.9 Å². The van der Waals surface area contributed by atoms with Crippen LogP contribution < -0.4 is 4.72 Å². The van der Waals surface area contributed by atoms with Crippen molar-refractivity contribution in [2.75, 3.05) is 12.4 Å². The number of fused-ring (bicyclic) bond motifs is 1. The number of benzene rings is 1. The van der Waals surface area contributed by atoms with Crippen LogP contribution in [0.15, 0.2) is 24.3 Å². The third-order valence-corrected chi connectivity index (χ3v) is 6.11. The maximum Gasteiger partial charge on any atom is 0.251 e. The lowest BCUT2D eigenvalue weighted by Crippen LogP contribution is -2.42. The molecule has 2 aliphatic rings. The van der Waals surface area contributed by atoms with Crippen LogP contribution in [0.4, 0.5) is 8.78 Å². The lowest BCUT2D eigenvalue weighted by atomic mass is 9.87. The molecule has 2 atom stereocenters. The molecule has 0 radical (unpaired) electrons. The molecular formula is C16H21F2NO3S. The Bertz CT molecular complexity index is 663. The van der Waals surface area contributed by atoms with Gasteiger partial charge in [-0.05, 0) is 24.0 Å². The SMILES string of the molecule is O=S(=O)(CC1CCCCC1(F)F)NC1COCc2ccccc21. The molecule has 0 spiro atoms. The first-order chi connectivity index (χ1) is 10.9. The fourth-order valence-electron chi connectivity index (χ4n) is 3.38. The molecule has 128 valence electrons. The number of ether oxygens (including phenoxy) is 1. The molecule has 23 heavy (non-hydrogen) atoms. The van der Waals surface area contributed by atoms with E-state index in [1.807, 2.05) is 24.3 Å². The summed E-state index contributed by atoms with van der Waals surface area (Å²) in [5, 5.41) is 0. The summed E-state index contributed by atoms with van der Waals surface area (Å²) in [7, 11) is -3.80. The quantitative estimate of drug-likeness (QED) is 0.913. The van der Waals surface area contributed by atoms with Gasteiger partial charge in [0.2, 0.25) is 10.0 Å². The Balaban J connectivity index is 1.72. The predicted octanol–water partition coefficient (Wildman–Crippen LogP) is 3.00. The fourth-order valence-corrected chi connectivity index (χ4v) is 5.05. The Hall–Kier alpha value is -1.05. The molecule has 0 amide bonds. The minimum Gasteiger partial charge on any atom is -0.375 e. The zero-order valence-electron chi connectivity index (χ0n) is 12.8. The van der Waals surface area contributed by atoms with Crippen molar-refractivity contribution in [1.29, 1.82) is 0 Å². The third-order valence-electron chi connectivity index (χ3n) is 4.62. The molecule has 1 aliphatic carbocycles. The predicted molar refractivity (Wildman–Crippen MR) is 82.7 cm³/mol. The molecule has 1 saturated carbocycles. The van der Waals surface area contributed by atoms with Crippen molar-refractivity contribution in [1.82, 2.24) is 4.72 Å². The van der Waals surface area contributed by atoms with Crippen LogP contribution in [0.2, 0.25) is 0 Å². The molecule has 3 rings (SSSR count). The van der Waals surface area contributed by atoms with E-state index in [1.165, 1.54) is 0 Å². The minimum atomic E-state index is -3.80. The van der Waals surface area contributed by atoms with Crippen molar-refractivity contribution >= 4 is 10.0 Å². The summed E-state index contributed by atoms with van der Waals surface area (Å²) in [5.74, 6) is -4.53. The molecule has 2 unspecified atom stereocenters. The first kappa shape index (κ1) is 16.8. The van der Waals surface area contributed by atoms with Gasteiger partial charge < -0.3 is 4.74 Å². The van der Waals surface area contributed by atoms with E-state index in [0.29, 0.717) is 19.4 Å². The number of hydrogen-bond acceptors (Lipinski definition) is 3. The zero-order chi connectivity index (χ0) is 16.5. The van der Waals surface area contributed by atoms with Crippen LogP contribution in [0.1, 0.15) is 42.9 Å². The van der Waals surface area contributed by atoms with Gasteiger partial charge in [0.15, 0.2) is 0 Å². The second-order valence-electron chi connectivity index (χ2n) is 6.37. The van der Waals surface area contributed by atoms with E-state index in [0.717, 1.165) is 11.1 Å². The first-order valence-corrected chi connectivity index (χ1v) is 9.56. The van der Waals surface area contributed by atoms with E-state index in [2.05, 4.69) is 4.72 Å². The Kier molecular flexibility index (Phi) is 4.71. The highest BCUT2D eigenvalue weighted by molar-refractivity contribution is 7.89. The van der Waals surface area contributed by atoms with Gasteiger partial charge in [-0.2, -0.15) is 0 Å². The van der Waals surface area contributed by atoms with Crippen LogP contribution in [0, 0.1) is 5.92 Å². The van der Waals surface area contributed by atoms with E-state index < -0.39 is 33.7 Å². The number of nitrogens with one attached hydrogen (secondary N) is 1. The number of sulfonamides is 1. The monoisotopic (exact) mass is 345 g/mol. The number of halogens is 2. The summed E-state index contributed by atoms with van der Waals surface area (Å²) in [6.45, 7) is 0.659. The van der Waals surface area contributed by atoms with Crippen LogP contribution in [0.5, 0.6) is 0 Å². The second-order valence-corrected chi connectivity index (χ2v) is 8.17. The topological polar surface area (TPSA) is 55.4 Å². The average molecular weight is 345 g/mol. The highest BCUT2D eigenvalue weighted by atomic mass is 32.2. The first-order valence-electron chi connectivity index (χ1n) is 7.91. The van der Waals surface area contributed by atoms with Crippen LogP contribution in [-0.4, -0.2) is 26.7 Å². The minimum absolute atomic E-state index is 0.220. The highest BCUT2D eigenvalue weighted by Gasteiger charge is 2.43. The number of hydrogen-bond donors (Lipinski definition) is 1. The molecule has 7 heteroatoms. The van der Waals surface area contributed by atoms with Crippen molar-refractivity contribution in [2.45, 2.75) is 44.3 Å². The molecule has 0 bridgehead atoms. The van der Waals surface area contributed by atoms with Gasteiger partial charge in [-0.3, -0.25) is 0 Å². The van der Waals surface area contributed by atoms with E-state index in [4.69, 9.17) is 4.74 Å². The third kappa shape index (κ3) is 3.89. The summed E-state index contributed by atoms with van der Waals surface area (Å²) in [4.78, 5) is 0. The Labute approximate surface area is 135 Å². The smallest absolute Gasteiger partial charge is 0.251 e. The van der Waals surface area contributed by atoms with Crippen LogP contribution in [0.25, 0.3) is 0 Å². The van der Waals surface area contributed by atoms with E-state index in [1.54, 1.807) is 0 Å². The van der Waals surface area contributed by atoms with Crippen LogP contribution >= 0.6 is 0 Å². The number of rotatable bonds is 4. The summed E-state index contributed by atoms with van der Waals surface area (Å²) in [6, 6.07) is 6.91. The second kappa shape index (κ2) is 6.45. The molecule has 1 heterocycles. The van der Waals surface area contributed by atoms with Crippen molar-refractivity contribution in [3.63, 3.8) is 0 Å². The molecule has 4 nitrogen and oxygen atoms in total. The molecule has 1 fully saturated rings. The highest BCUT2D eigenvalue weighted by Crippen LogP contribution is 2.39. The lowest BCUT2D eigenvalue weighted by Gasteiger charge is -2.32. The summed E-state index contributed by atoms with van der Waals surface area (Å²) in [6.07, 6.45) is 1.15. The van der Waals surface area contributed by atoms with Gasteiger partial charge in [0.1, 0.15) is 0 Å². The van der Waals surface area contributed by atoms with Gasteiger partial charge in [0.25, 0.3) is 5.92 Å². The molecule has 1 aromatic carbocycles. The molecular weight excluding hydrogens is 324 g/mol. The molecule has 0 aromatic heterocycles. The lowest BCUT2D eigenvalue weighted by molar-refractivity contribution is -0.0771. The largest absolute Gasteiger partial charge is 0.375 e. The normalized spacial score (nSPS) is 27.4. The van der Waals surface area contributed by atoms with Crippen molar-refractivity contribution in [3.05, 3.63) is 35.4 Å². The summed E-state index contributed by atoms with van der Waals surface area (Å²) >= 11 is 0. The van der Waals surface area contributed by atoms with Crippen molar-refractivity contribution < 1.29 is 21.9 Å². The average Bonchev–Trinajstić information content (AvgIpc) is 2.49. The Morgan fingerprint density at radius 3 is 2.83 bits per heavy atom. The van der Waals surface area contributed by atoms with E-state index >= 15 is 0 Å². The molecule has 0 saturated heterocycles. The van der Waals surface area contributed by atoms with Gasteiger partial charge >= 0.3 is 0 Å². The molecule has 1 N–H and O–H groups in total. The van der Waals surface area contributed by atoms with Crippen molar-refractivity contribution in [3.8, 4) is 0 Å². The standard InChI is InChI=1S/C16H21F2NO3S/c17-16(18)8-4-3-6-13(16)11-23(20,21)19-15-10-22-9-12-5-1-2-7-14(12)15/h1-2,5,7,13,15,19H,3-4,6,8-11H2. The van der Waals surface area contributed by atoms with Crippen LogP contribution in [0.3, 0.4) is 0 Å². The zero-order valence-corrected chi connectivity index (χ0v) is 13.6. The summed E-state index contributed by atoms with van der Waals surface area (Å²) in [5.41, 5.74) is 1.78. The summed E-state index contributed by atoms with van der Waals surface area (Å²) < 4.78 is 60.5. The van der Waals surface area contributed by atoms with Crippen LogP contribution in [-0.2, 0) is 21.4 Å². The maximum absolute atomic E-state index is 13.9. The van der Waals surface area contributed by atoms with Gasteiger partial charge in [0.05, 0.1) is 25.0 Å². The Morgan fingerprint density at radius 2 is 2.04 bits per heavy atom. The van der Waals surface area contributed by atoms with E-state index in [9.17, 15) is 17.2 Å². The Morgan fingerprint density at radius 1 is 1.26 bits per heavy atom.